The predicted molar refractivity (Wildman–Crippen MR) is 116 cm³/mol. The van der Waals surface area contributed by atoms with Crippen LogP contribution in [0.25, 0.3) is 26.9 Å². The number of nitrogens with zero attached hydrogens (tertiary/aromatic N) is 3. The van der Waals surface area contributed by atoms with Gasteiger partial charge < -0.3 is 10.3 Å². The molecule has 0 radical (unpaired) electrons. The Balaban J connectivity index is 1.32. The van der Waals surface area contributed by atoms with Crippen molar-refractivity contribution in [2.24, 2.45) is 0 Å². The molecule has 7 heteroatoms. The molecular formula is C22H19N5OS. The number of benzene rings is 2. The molecule has 0 fully saturated rings. The van der Waals surface area contributed by atoms with E-state index in [-0.39, 0.29) is 5.91 Å². The summed E-state index contributed by atoms with van der Waals surface area (Å²) >= 11 is 1.46. The monoisotopic (exact) mass is 401 g/mol. The number of nitrogens with one attached hydrogen (secondary N) is 2. The van der Waals surface area contributed by atoms with Crippen molar-refractivity contribution in [2.75, 3.05) is 6.54 Å². The van der Waals surface area contributed by atoms with Crippen molar-refractivity contribution in [3.63, 3.8) is 0 Å². The van der Waals surface area contributed by atoms with E-state index in [0.29, 0.717) is 17.8 Å². The molecule has 3 aromatic heterocycles. The highest BCUT2D eigenvalue weighted by molar-refractivity contribution is 7.20. The second-order valence-electron chi connectivity index (χ2n) is 6.87. The number of aromatic amines is 1. The summed E-state index contributed by atoms with van der Waals surface area (Å²) in [6.07, 6.45) is 0.655. The van der Waals surface area contributed by atoms with Crippen LogP contribution >= 0.6 is 11.3 Å². The topological polar surface area (TPSA) is 75.6 Å². The minimum atomic E-state index is -0.0682. The first kappa shape index (κ1) is 17.6. The zero-order valence-corrected chi connectivity index (χ0v) is 16.7. The molecule has 0 saturated heterocycles. The SMILES string of the molecule is Cc1nn(-c2ccccc2)c2sc(C(=O)NCCc3nc4ccccc4[nH]3)cc12. The maximum atomic E-state index is 12.7. The van der Waals surface area contributed by atoms with Gasteiger partial charge >= 0.3 is 0 Å². The fraction of sp³-hybridized carbons (Fsp3) is 0.136. The Morgan fingerprint density at radius 3 is 2.76 bits per heavy atom. The number of imidazole rings is 1. The number of amides is 1. The van der Waals surface area contributed by atoms with E-state index in [1.54, 1.807) is 0 Å². The predicted octanol–water partition coefficient (Wildman–Crippen LogP) is 4.24. The first-order valence-corrected chi connectivity index (χ1v) is 10.3. The fourth-order valence-electron chi connectivity index (χ4n) is 3.41. The largest absolute Gasteiger partial charge is 0.351 e. The summed E-state index contributed by atoms with van der Waals surface area (Å²) in [6.45, 7) is 2.49. The third-order valence-corrected chi connectivity index (χ3v) is 5.96. The Morgan fingerprint density at radius 2 is 1.93 bits per heavy atom. The number of aromatic nitrogens is 4. The van der Waals surface area contributed by atoms with Gasteiger partial charge in [-0.2, -0.15) is 5.10 Å². The van der Waals surface area contributed by atoms with E-state index < -0.39 is 0 Å². The number of fused-ring (bicyclic) bond motifs is 2. The van der Waals surface area contributed by atoms with Crippen molar-refractivity contribution >= 4 is 38.5 Å². The highest BCUT2D eigenvalue weighted by atomic mass is 32.1. The molecule has 0 bridgehead atoms. The van der Waals surface area contributed by atoms with E-state index >= 15 is 0 Å². The zero-order chi connectivity index (χ0) is 19.8. The van der Waals surface area contributed by atoms with Crippen LogP contribution in [0, 0.1) is 6.92 Å². The number of para-hydroxylation sites is 3. The molecule has 0 unspecified atom stereocenters. The Kier molecular flexibility index (Phi) is 4.37. The van der Waals surface area contributed by atoms with Crippen LogP contribution in [-0.2, 0) is 6.42 Å². The molecule has 1 amide bonds. The minimum Gasteiger partial charge on any atom is -0.351 e. The average Bonchev–Trinajstić information content (AvgIpc) is 3.43. The van der Waals surface area contributed by atoms with Crippen LogP contribution in [0.2, 0.25) is 0 Å². The molecule has 5 aromatic rings. The summed E-state index contributed by atoms with van der Waals surface area (Å²) in [4.78, 5) is 22.2. The van der Waals surface area contributed by atoms with Crippen molar-refractivity contribution in [3.05, 3.63) is 77.1 Å². The normalized spacial score (nSPS) is 11.3. The highest BCUT2D eigenvalue weighted by Gasteiger charge is 2.17. The smallest absolute Gasteiger partial charge is 0.261 e. The number of hydrogen-bond donors (Lipinski definition) is 2. The van der Waals surface area contributed by atoms with Gasteiger partial charge in [0.2, 0.25) is 0 Å². The first-order valence-electron chi connectivity index (χ1n) is 9.45. The molecule has 3 heterocycles. The molecule has 5 rings (SSSR count). The third kappa shape index (κ3) is 3.30. The van der Waals surface area contributed by atoms with Crippen molar-refractivity contribution in [1.29, 1.82) is 0 Å². The number of carbonyl (C=O) groups is 1. The molecular weight excluding hydrogens is 382 g/mol. The lowest BCUT2D eigenvalue weighted by Gasteiger charge is -2.02. The molecule has 0 aliphatic rings. The summed E-state index contributed by atoms with van der Waals surface area (Å²) in [6, 6.07) is 19.8. The fourth-order valence-corrected chi connectivity index (χ4v) is 4.51. The first-order chi connectivity index (χ1) is 14.2. The van der Waals surface area contributed by atoms with Gasteiger partial charge in [-0.15, -0.1) is 11.3 Å². The van der Waals surface area contributed by atoms with Gasteiger partial charge in [0.25, 0.3) is 5.91 Å². The quantitative estimate of drug-likeness (QED) is 0.462. The summed E-state index contributed by atoms with van der Waals surface area (Å²) in [5.41, 5.74) is 3.87. The lowest BCUT2D eigenvalue weighted by Crippen LogP contribution is -2.25. The van der Waals surface area contributed by atoms with Crippen LogP contribution in [0.1, 0.15) is 21.2 Å². The van der Waals surface area contributed by atoms with E-state index in [0.717, 1.165) is 38.5 Å². The number of carbonyl (C=O) groups excluding carboxylic acids is 1. The molecule has 2 aromatic carbocycles. The number of aryl methyl sites for hydroxylation is 1. The van der Waals surface area contributed by atoms with Crippen LogP contribution in [0.4, 0.5) is 0 Å². The lowest BCUT2D eigenvalue weighted by molar-refractivity contribution is 0.0958. The van der Waals surface area contributed by atoms with Crippen LogP contribution < -0.4 is 5.32 Å². The second kappa shape index (κ2) is 7.18. The zero-order valence-electron chi connectivity index (χ0n) is 15.8. The molecule has 144 valence electrons. The lowest BCUT2D eigenvalue weighted by atomic mass is 10.3. The number of rotatable bonds is 5. The van der Waals surface area contributed by atoms with E-state index in [1.165, 1.54) is 11.3 Å². The molecule has 2 N–H and O–H groups in total. The number of thiophene rings is 1. The Bertz CT molecular complexity index is 1280. The van der Waals surface area contributed by atoms with E-state index in [4.69, 9.17) is 0 Å². The maximum absolute atomic E-state index is 12.7. The standard InChI is InChI=1S/C22H19N5OS/c1-14-16-13-19(29-22(16)27(26-14)15-7-3-2-4-8-15)21(28)23-12-11-20-24-17-9-5-6-10-18(17)25-20/h2-10,13H,11-12H2,1H3,(H,23,28)(H,24,25). The maximum Gasteiger partial charge on any atom is 0.261 e. The molecule has 6 nitrogen and oxygen atoms in total. The summed E-state index contributed by atoms with van der Waals surface area (Å²) in [5.74, 6) is 0.805. The van der Waals surface area contributed by atoms with Crippen molar-refractivity contribution in [3.8, 4) is 5.69 Å². The second-order valence-corrected chi connectivity index (χ2v) is 7.90. The number of hydrogen-bond acceptors (Lipinski definition) is 4. The van der Waals surface area contributed by atoms with Gasteiger partial charge in [0.1, 0.15) is 10.7 Å². The molecule has 0 spiro atoms. The van der Waals surface area contributed by atoms with Gasteiger partial charge in [0.15, 0.2) is 0 Å². The minimum absolute atomic E-state index is 0.0682. The van der Waals surface area contributed by atoms with Gasteiger partial charge in [-0.1, -0.05) is 30.3 Å². The molecule has 0 aliphatic carbocycles. The van der Waals surface area contributed by atoms with Crippen molar-refractivity contribution < 1.29 is 4.79 Å². The van der Waals surface area contributed by atoms with Gasteiger partial charge in [-0.05, 0) is 37.3 Å². The molecule has 0 atom stereocenters. The van der Waals surface area contributed by atoms with Gasteiger partial charge in [-0.25, -0.2) is 9.67 Å². The highest BCUT2D eigenvalue weighted by Crippen LogP contribution is 2.30. The Morgan fingerprint density at radius 1 is 1.14 bits per heavy atom. The summed E-state index contributed by atoms with van der Waals surface area (Å²) in [7, 11) is 0. The summed E-state index contributed by atoms with van der Waals surface area (Å²) < 4.78 is 1.90. The average molecular weight is 401 g/mol. The van der Waals surface area contributed by atoms with Gasteiger partial charge in [0, 0.05) is 18.4 Å². The van der Waals surface area contributed by atoms with E-state index in [9.17, 15) is 4.79 Å². The van der Waals surface area contributed by atoms with Crippen LogP contribution in [-0.4, -0.2) is 32.2 Å². The summed E-state index contributed by atoms with van der Waals surface area (Å²) in [5, 5.41) is 8.64. The van der Waals surface area contributed by atoms with Crippen molar-refractivity contribution in [1.82, 2.24) is 25.1 Å². The van der Waals surface area contributed by atoms with Gasteiger partial charge in [-0.3, -0.25) is 4.79 Å². The molecule has 29 heavy (non-hydrogen) atoms. The third-order valence-electron chi connectivity index (χ3n) is 4.85. The molecule has 0 aliphatic heterocycles. The van der Waals surface area contributed by atoms with Gasteiger partial charge in [0.05, 0.1) is 27.3 Å². The van der Waals surface area contributed by atoms with Crippen molar-refractivity contribution in [2.45, 2.75) is 13.3 Å². The van der Waals surface area contributed by atoms with E-state index in [2.05, 4.69) is 20.4 Å². The van der Waals surface area contributed by atoms with Crippen LogP contribution in [0.5, 0.6) is 0 Å². The Hall–Kier alpha value is -3.45. The molecule has 0 saturated carbocycles. The Labute approximate surface area is 171 Å². The van der Waals surface area contributed by atoms with Crippen LogP contribution in [0.3, 0.4) is 0 Å². The number of H-pyrrole nitrogens is 1. The van der Waals surface area contributed by atoms with E-state index in [1.807, 2.05) is 72.3 Å². The van der Waals surface area contributed by atoms with Crippen LogP contribution in [0.15, 0.2) is 60.7 Å².